The number of piperazine rings is 1. The summed E-state index contributed by atoms with van der Waals surface area (Å²) in [6.45, 7) is 10.1. The number of hydrogen-bond donors (Lipinski definition) is 0. The third-order valence-corrected chi connectivity index (χ3v) is 6.62. The highest BCUT2D eigenvalue weighted by molar-refractivity contribution is 5.79. The predicted molar refractivity (Wildman–Crippen MR) is 128 cm³/mol. The van der Waals surface area contributed by atoms with E-state index in [9.17, 15) is 9.59 Å². The van der Waals surface area contributed by atoms with Crippen LogP contribution in [0.3, 0.4) is 0 Å². The van der Waals surface area contributed by atoms with Crippen LogP contribution in [0, 0.1) is 0 Å². The average molecular weight is 423 g/mol. The Morgan fingerprint density at radius 2 is 0.867 bits per heavy atom. The van der Waals surface area contributed by atoms with Crippen LogP contribution in [-0.4, -0.2) is 46.8 Å². The Kier molecular flexibility index (Phi) is 14.9. The highest BCUT2D eigenvalue weighted by atomic mass is 16.2. The molecular weight excluding hydrogens is 372 g/mol. The van der Waals surface area contributed by atoms with Crippen LogP contribution >= 0.6 is 0 Å². The van der Waals surface area contributed by atoms with Gasteiger partial charge in [0, 0.05) is 38.0 Å². The number of nitrogens with zero attached hydrogens (tertiary/aromatic N) is 2. The van der Waals surface area contributed by atoms with E-state index in [1.165, 1.54) is 64.2 Å². The standard InChI is InChI=1S/C26H50N2O2/c1-5-7-9-11-13-15-17-19-25(29)27-21-24(4)28(22-23(27)3)26(30)20-18-16-14-12-10-8-6-2/h23-24H,5-22H2,1-4H3. The Hall–Kier alpha value is -1.06. The van der Waals surface area contributed by atoms with E-state index in [2.05, 4.69) is 27.7 Å². The van der Waals surface area contributed by atoms with Gasteiger partial charge in [0.25, 0.3) is 0 Å². The van der Waals surface area contributed by atoms with Gasteiger partial charge in [0.2, 0.25) is 11.8 Å². The summed E-state index contributed by atoms with van der Waals surface area (Å²) in [4.78, 5) is 29.5. The lowest BCUT2D eigenvalue weighted by atomic mass is 10.0. The van der Waals surface area contributed by atoms with E-state index >= 15 is 0 Å². The third-order valence-electron chi connectivity index (χ3n) is 6.62. The molecule has 2 unspecified atom stereocenters. The van der Waals surface area contributed by atoms with Crippen LogP contribution < -0.4 is 0 Å². The predicted octanol–water partition coefficient (Wildman–Crippen LogP) is 6.72. The van der Waals surface area contributed by atoms with Crippen molar-refractivity contribution >= 4 is 11.8 Å². The van der Waals surface area contributed by atoms with Gasteiger partial charge in [-0.15, -0.1) is 0 Å². The van der Waals surface area contributed by atoms with Crippen molar-refractivity contribution in [3.8, 4) is 0 Å². The Morgan fingerprint density at radius 3 is 1.20 bits per heavy atom. The molecule has 1 aliphatic heterocycles. The van der Waals surface area contributed by atoms with Crippen LogP contribution in [0.4, 0.5) is 0 Å². The topological polar surface area (TPSA) is 40.6 Å². The zero-order valence-electron chi connectivity index (χ0n) is 20.6. The molecule has 176 valence electrons. The first-order valence-electron chi connectivity index (χ1n) is 13.1. The Bertz CT molecular complexity index is 424. The maximum Gasteiger partial charge on any atom is 0.222 e. The third kappa shape index (κ3) is 10.8. The molecule has 2 atom stereocenters. The maximum absolute atomic E-state index is 12.7. The van der Waals surface area contributed by atoms with Gasteiger partial charge in [0.1, 0.15) is 0 Å². The van der Waals surface area contributed by atoms with E-state index in [-0.39, 0.29) is 23.9 Å². The van der Waals surface area contributed by atoms with E-state index in [1.807, 2.05) is 9.80 Å². The number of carbonyl (C=O) groups is 2. The lowest BCUT2D eigenvalue weighted by Gasteiger charge is -2.44. The number of amides is 2. The molecule has 0 radical (unpaired) electrons. The summed E-state index contributed by atoms with van der Waals surface area (Å²) < 4.78 is 0. The molecule has 4 heteroatoms. The maximum atomic E-state index is 12.7. The minimum absolute atomic E-state index is 0.135. The fourth-order valence-electron chi connectivity index (χ4n) is 4.58. The summed E-state index contributed by atoms with van der Waals surface area (Å²) in [6.07, 6.45) is 18.6. The van der Waals surface area contributed by atoms with Crippen LogP contribution in [0.25, 0.3) is 0 Å². The fourth-order valence-corrected chi connectivity index (χ4v) is 4.58. The molecule has 4 nitrogen and oxygen atoms in total. The minimum Gasteiger partial charge on any atom is -0.336 e. The molecule has 0 N–H and O–H groups in total. The molecule has 0 aliphatic carbocycles. The van der Waals surface area contributed by atoms with Gasteiger partial charge >= 0.3 is 0 Å². The van der Waals surface area contributed by atoms with Crippen molar-refractivity contribution in [2.45, 2.75) is 143 Å². The average Bonchev–Trinajstić information content (AvgIpc) is 2.73. The monoisotopic (exact) mass is 422 g/mol. The molecule has 0 bridgehead atoms. The molecule has 2 amide bonds. The summed E-state index contributed by atoms with van der Waals surface area (Å²) in [7, 11) is 0. The van der Waals surface area contributed by atoms with Gasteiger partial charge < -0.3 is 9.80 Å². The SMILES string of the molecule is CCCCCCCCCC(=O)N1CC(C)N(C(=O)CCCCCCCCC)CC1C. The van der Waals surface area contributed by atoms with Crippen LogP contribution in [0.2, 0.25) is 0 Å². The van der Waals surface area contributed by atoms with Crippen molar-refractivity contribution in [3.63, 3.8) is 0 Å². The zero-order chi connectivity index (χ0) is 22.2. The molecule has 1 aliphatic rings. The molecule has 0 spiro atoms. The number of rotatable bonds is 16. The van der Waals surface area contributed by atoms with Gasteiger partial charge in [0.05, 0.1) is 0 Å². The second-order valence-electron chi connectivity index (χ2n) is 9.53. The summed E-state index contributed by atoms with van der Waals surface area (Å²) in [6, 6.07) is 0.271. The van der Waals surface area contributed by atoms with Gasteiger partial charge in [-0.3, -0.25) is 9.59 Å². The molecule has 0 aromatic rings. The quantitative estimate of drug-likeness (QED) is 0.259. The van der Waals surface area contributed by atoms with E-state index in [1.54, 1.807) is 0 Å². The number of carbonyl (C=O) groups excluding carboxylic acids is 2. The zero-order valence-corrected chi connectivity index (χ0v) is 20.6. The van der Waals surface area contributed by atoms with Crippen LogP contribution in [0.1, 0.15) is 130 Å². The van der Waals surface area contributed by atoms with Crippen molar-refractivity contribution < 1.29 is 9.59 Å². The largest absolute Gasteiger partial charge is 0.336 e. The minimum atomic E-state index is 0.135. The first-order valence-corrected chi connectivity index (χ1v) is 13.1. The first-order chi connectivity index (χ1) is 14.5. The summed E-state index contributed by atoms with van der Waals surface area (Å²) in [5, 5.41) is 0. The van der Waals surface area contributed by atoms with E-state index in [4.69, 9.17) is 0 Å². The van der Waals surface area contributed by atoms with Crippen LogP contribution in [0.15, 0.2) is 0 Å². The van der Waals surface area contributed by atoms with Gasteiger partial charge in [-0.2, -0.15) is 0 Å². The van der Waals surface area contributed by atoms with Crippen molar-refractivity contribution in [1.82, 2.24) is 9.80 Å². The highest BCUT2D eigenvalue weighted by Gasteiger charge is 2.33. The molecule has 0 aromatic heterocycles. The van der Waals surface area contributed by atoms with Crippen molar-refractivity contribution in [2.75, 3.05) is 13.1 Å². The molecule has 0 saturated carbocycles. The first kappa shape index (κ1) is 27.0. The Labute approximate surface area is 187 Å². The molecule has 1 saturated heterocycles. The van der Waals surface area contributed by atoms with E-state index < -0.39 is 0 Å². The lowest BCUT2D eigenvalue weighted by Crippen LogP contribution is -2.59. The lowest BCUT2D eigenvalue weighted by molar-refractivity contribution is -0.145. The van der Waals surface area contributed by atoms with E-state index in [0.717, 1.165) is 25.7 Å². The van der Waals surface area contributed by atoms with Gasteiger partial charge in [-0.25, -0.2) is 0 Å². The van der Waals surface area contributed by atoms with Crippen LogP contribution in [0.5, 0.6) is 0 Å². The number of hydrogen-bond acceptors (Lipinski definition) is 2. The molecule has 1 heterocycles. The molecule has 1 fully saturated rings. The van der Waals surface area contributed by atoms with Crippen molar-refractivity contribution in [1.29, 1.82) is 0 Å². The van der Waals surface area contributed by atoms with Crippen LogP contribution in [-0.2, 0) is 9.59 Å². The van der Waals surface area contributed by atoms with Crippen molar-refractivity contribution in [3.05, 3.63) is 0 Å². The smallest absolute Gasteiger partial charge is 0.222 e. The van der Waals surface area contributed by atoms with Crippen molar-refractivity contribution in [2.24, 2.45) is 0 Å². The Morgan fingerprint density at radius 1 is 0.567 bits per heavy atom. The molecular formula is C26H50N2O2. The van der Waals surface area contributed by atoms with Gasteiger partial charge in [-0.05, 0) is 26.7 Å². The second kappa shape index (κ2) is 16.6. The fraction of sp³-hybridized carbons (Fsp3) is 0.923. The molecule has 0 aromatic carbocycles. The molecule has 1 rings (SSSR count). The molecule has 30 heavy (non-hydrogen) atoms. The number of unbranched alkanes of at least 4 members (excludes halogenated alkanes) is 12. The van der Waals surface area contributed by atoms with Gasteiger partial charge in [0.15, 0.2) is 0 Å². The van der Waals surface area contributed by atoms with E-state index in [0.29, 0.717) is 25.9 Å². The highest BCUT2D eigenvalue weighted by Crippen LogP contribution is 2.20. The summed E-state index contributed by atoms with van der Waals surface area (Å²) in [5.41, 5.74) is 0. The second-order valence-corrected chi connectivity index (χ2v) is 9.53. The summed E-state index contributed by atoms with van der Waals surface area (Å²) in [5.74, 6) is 0.559. The normalized spacial score (nSPS) is 19.3. The Balaban J connectivity index is 2.25. The van der Waals surface area contributed by atoms with Gasteiger partial charge in [-0.1, -0.05) is 90.9 Å². The summed E-state index contributed by atoms with van der Waals surface area (Å²) >= 11 is 0.